The van der Waals surface area contributed by atoms with Gasteiger partial charge in [0.05, 0.1) is 5.52 Å². The van der Waals surface area contributed by atoms with E-state index in [1.165, 1.54) is 18.2 Å². The van der Waals surface area contributed by atoms with Crippen LogP contribution in [0.25, 0.3) is 27.8 Å². The molecule has 6 nitrogen and oxygen atoms in total. The van der Waals surface area contributed by atoms with Gasteiger partial charge in [-0.2, -0.15) is 5.26 Å². The van der Waals surface area contributed by atoms with Crippen molar-refractivity contribution in [2.24, 2.45) is 0 Å². The highest BCUT2D eigenvalue weighted by Gasteiger charge is 2.16. The van der Waals surface area contributed by atoms with E-state index in [1.807, 2.05) is 0 Å². The molecule has 0 aliphatic carbocycles. The average Bonchev–Trinajstić information content (AvgIpc) is 3.08. The number of benzene rings is 2. The molecule has 3 N–H and O–H groups in total. The van der Waals surface area contributed by atoms with E-state index in [-0.39, 0.29) is 11.3 Å². The zero-order valence-electron chi connectivity index (χ0n) is 13.8. The summed E-state index contributed by atoms with van der Waals surface area (Å²) in [5.74, 6) is -0.890. The molecule has 0 aliphatic rings. The third-order valence-electron chi connectivity index (χ3n) is 4.35. The van der Waals surface area contributed by atoms with Crippen LogP contribution in [0.2, 0.25) is 0 Å². The first-order valence-electron chi connectivity index (χ1n) is 7.95. The third kappa shape index (κ3) is 2.60. The third-order valence-corrected chi connectivity index (χ3v) is 4.35. The Bertz CT molecular complexity index is 1280. The van der Waals surface area contributed by atoms with Crippen molar-refractivity contribution in [3.05, 3.63) is 76.5 Å². The first kappa shape index (κ1) is 16.4. The van der Waals surface area contributed by atoms with Gasteiger partial charge in [0.15, 0.2) is 11.3 Å². The van der Waals surface area contributed by atoms with E-state index in [9.17, 15) is 19.4 Å². The number of pyridine rings is 1. The lowest BCUT2D eigenvalue weighted by Crippen LogP contribution is -2.10. The standard InChI is InChI=1S/C20H12FN3O3/c21-12-3-6-17(25)14(9-12)11-1-4-13(5-2-11)24-8-7-16-18(24)19(26)15(10-22)20(27)23-16/h1-9,25H,(H2,23,26,27). The zero-order valence-corrected chi connectivity index (χ0v) is 13.8. The van der Waals surface area contributed by atoms with Gasteiger partial charge in [0.2, 0.25) is 0 Å². The molecular weight excluding hydrogens is 349 g/mol. The summed E-state index contributed by atoms with van der Waals surface area (Å²) in [5, 5.41) is 29.3. The second-order valence-corrected chi connectivity index (χ2v) is 5.95. The smallest absolute Gasteiger partial charge is 0.270 e. The van der Waals surface area contributed by atoms with Crippen LogP contribution in [0.5, 0.6) is 11.5 Å². The predicted molar refractivity (Wildman–Crippen MR) is 97.3 cm³/mol. The largest absolute Gasteiger partial charge is 0.507 e. The molecule has 0 unspecified atom stereocenters. The maximum atomic E-state index is 13.5. The molecular formula is C20H12FN3O3. The minimum absolute atomic E-state index is 0.0376. The lowest BCUT2D eigenvalue weighted by atomic mass is 10.0. The van der Waals surface area contributed by atoms with Gasteiger partial charge in [-0.15, -0.1) is 0 Å². The van der Waals surface area contributed by atoms with Crippen LogP contribution in [0.15, 0.2) is 59.5 Å². The molecule has 27 heavy (non-hydrogen) atoms. The Kier molecular flexibility index (Phi) is 3.67. The highest BCUT2D eigenvalue weighted by molar-refractivity contribution is 5.86. The number of halogens is 1. The number of phenolic OH excluding ortho intramolecular Hbond substituents is 1. The van der Waals surface area contributed by atoms with Gasteiger partial charge in [-0.25, -0.2) is 4.39 Å². The molecule has 0 radical (unpaired) electrons. The van der Waals surface area contributed by atoms with Crippen LogP contribution in [0, 0.1) is 17.1 Å². The molecule has 0 atom stereocenters. The fourth-order valence-electron chi connectivity index (χ4n) is 3.05. The van der Waals surface area contributed by atoms with E-state index in [1.54, 1.807) is 47.2 Å². The predicted octanol–water partition coefficient (Wildman–Crippen LogP) is 3.41. The summed E-state index contributed by atoms with van der Waals surface area (Å²) >= 11 is 0. The summed E-state index contributed by atoms with van der Waals surface area (Å²) in [6.07, 6.45) is 1.65. The fraction of sp³-hybridized carbons (Fsp3) is 0. The second kappa shape index (κ2) is 6.04. The maximum absolute atomic E-state index is 13.5. The van der Waals surface area contributed by atoms with Gasteiger partial charge in [-0.3, -0.25) is 4.79 Å². The van der Waals surface area contributed by atoms with Crippen molar-refractivity contribution >= 4 is 11.0 Å². The monoisotopic (exact) mass is 361 g/mol. The molecule has 0 saturated carbocycles. The quantitative estimate of drug-likeness (QED) is 0.509. The lowest BCUT2D eigenvalue weighted by molar-refractivity contribution is 0.475. The minimum Gasteiger partial charge on any atom is -0.507 e. The van der Waals surface area contributed by atoms with Crippen molar-refractivity contribution in [3.8, 4) is 34.4 Å². The van der Waals surface area contributed by atoms with E-state index in [0.29, 0.717) is 27.8 Å². The molecule has 0 spiro atoms. The number of rotatable bonds is 2. The Labute approximate surface area is 152 Å². The number of phenols is 1. The fourth-order valence-corrected chi connectivity index (χ4v) is 3.05. The Hall–Kier alpha value is -4.05. The minimum atomic E-state index is -0.655. The summed E-state index contributed by atoms with van der Waals surface area (Å²) in [6, 6.07) is 13.8. The van der Waals surface area contributed by atoms with Gasteiger partial charge >= 0.3 is 0 Å². The van der Waals surface area contributed by atoms with Crippen LogP contribution < -0.4 is 5.56 Å². The number of nitrogens with one attached hydrogen (secondary N) is 1. The topological polar surface area (TPSA) is 102 Å². The normalized spacial score (nSPS) is 10.8. The maximum Gasteiger partial charge on any atom is 0.270 e. The molecule has 0 saturated heterocycles. The Morgan fingerprint density at radius 2 is 1.81 bits per heavy atom. The first-order valence-corrected chi connectivity index (χ1v) is 7.95. The van der Waals surface area contributed by atoms with Crippen LogP contribution >= 0.6 is 0 Å². The highest BCUT2D eigenvalue weighted by Crippen LogP contribution is 2.32. The van der Waals surface area contributed by atoms with Crippen molar-refractivity contribution in [2.75, 3.05) is 0 Å². The molecule has 2 aromatic carbocycles. The SMILES string of the molecule is N#Cc1c(O)c2c(ccn2-c2ccc(-c3cc(F)ccc3O)cc2)[nH]c1=O. The van der Waals surface area contributed by atoms with Gasteiger partial charge in [0, 0.05) is 17.4 Å². The Morgan fingerprint density at radius 1 is 1.07 bits per heavy atom. The van der Waals surface area contributed by atoms with Gasteiger partial charge < -0.3 is 19.8 Å². The summed E-state index contributed by atoms with van der Waals surface area (Å²) in [4.78, 5) is 14.3. The molecule has 0 amide bonds. The van der Waals surface area contributed by atoms with Crippen LogP contribution in [0.1, 0.15) is 5.56 Å². The number of aromatic nitrogens is 2. The van der Waals surface area contributed by atoms with E-state index in [0.717, 1.165) is 0 Å². The van der Waals surface area contributed by atoms with Crippen LogP contribution in [-0.2, 0) is 0 Å². The molecule has 2 heterocycles. The number of aromatic hydroxyl groups is 2. The van der Waals surface area contributed by atoms with Crippen LogP contribution in [0.4, 0.5) is 4.39 Å². The highest BCUT2D eigenvalue weighted by atomic mass is 19.1. The molecule has 7 heteroatoms. The van der Waals surface area contributed by atoms with Crippen molar-refractivity contribution in [1.29, 1.82) is 5.26 Å². The summed E-state index contributed by atoms with van der Waals surface area (Å²) < 4.78 is 15.1. The molecule has 4 rings (SSSR count). The number of nitrogens with zero attached hydrogens (tertiary/aromatic N) is 2. The van der Waals surface area contributed by atoms with Gasteiger partial charge in [0.25, 0.3) is 5.56 Å². The molecule has 0 fully saturated rings. The van der Waals surface area contributed by atoms with E-state index < -0.39 is 17.1 Å². The van der Waals surface area contributed by atoms with Gasteiger partial charge in [-0.05, 0) is 42.0 Å². The molecule has 0 bridgehead atoms. The van der Waals surface area contributed by atoms with E-state index in [4.69, 9.17) is 5.26 Å². The van der Waals surface area contributed by atoms with Gasteiger partial charge in [0.1, 0.15) is 23.2 Å². The van der Waals surface area contributed by atoms with Crippen LogP contribution in [-0.4, -0.2) is 19.8 Å². The van der Waals surface area contributed by atoms with Crippen molar-refractivity contribution in [2.45, 2.75) is 0 Å². The number of hydrogen-bond donors (Lipinski definition) is 3. The number of aromatic amines is 1. The summed E-state index contributed by atoms with van der Waals surface area (Å²) in [6.45, 7) is 0. The number of hydrogen-bond acceptors (Lipinski definition) is 4. The van der Waals surface area contributed by atoms with Crippen molar-refractivity contribution in [3.63, 3.8) is 0 Å². The average molecular weight is 361 g/mol. The lowest BCUT2D eigenvalue weighted by Gasteiger charge is -2.10. The zero-order chi connectivity index (χ0) is 19.1. The molecule has 4 aromatic rings. The number of H-pyrrole nitrogens is 1. The van der Waals surface area contributed by atoms with E-state index in [2.05, 4.69) is 4.98 Å². The molecule has 0 aliphatic heterocycles. The summed E-state index contributed by atoms with van der Waals surface area (Å²) in [5.41, 5.74) is 1.30. The molecule has 2 aromatic heterocycles. The second-order valence-electron chi connectivity index (χ2n) is 5.95. The molecule has 132 valence electrons. The van der Waals surface area contributed by atoms with Crippen molar-refractivity contribution < 1.29 is 14.6 Å². The summed E-state index contributed by atoms with van der Waals surface area (Å²) in [7, 11) is 0. The number of fused-ring (bicyclic) bond motifs is 1. The van der Waals surface area contributed by atoms with Crippen LogP contribution in [0.3, 0.4) is 0 Å². The Morgan fingerprint density at radius 3 is 2.52 bits per heavy atom. The number of nitriles is 1. The van der Waals surface area contributed by atoms with Gasteiger partial charge in [-0.1, -0.05) is 12.1 Å². The Balaban J connectivity index is 1.85. The first-order chi connectivity index (χ1) is 13.0. The van der Waals surface area contributed by atoms with Crippen molar-refractivity contribution in [1.82, 2.24) is 9.55 Å². The van der Waals surface area contributed by atoms with E-state index >= 15 is 0 Å².